The van der Waals surface area contributed by atoms with E-state index in [0.29, 0.717) is 0 Å². The highest BCUT2D eigenvalue weighted by atomic mass is 32.2. The summed E-state index contributed by atoms with van der Waals surface area (Å²) < 4.78 is 0. The first-order chi connectivity index (χ1) is 6.98. The van der Waals surface area contributed by atoms with Crippen molar-refractivity contribution in [1.82, 2.24) is 0 Å². The summed E-state index contributed by atoms with van der Waals surface area (Å²) in [6.07, 6.45) is 0. The molecule has 82 valence electrons. The van der Waals surface area contributed by atoms with E-state index in [-0.39, 0.29) is 0 Å². The third-order valence-corrected chi connectivity index (χ3v) is 3.28. The first kappa shape index (κ1) is 12.1. The van der Waals surface area contributed by atoms with Crippen molar-refractivity contribution in [3.63, 3.8) is 0 Å². The monoisotopic (exact) mass is 224 g/mol. The molecule has 0 aromatic heterocycles. The predicted molar refractivity (Wildman–Crippen MR) is 63.5 cm³/mol. The summed E-state index contributed by atoms with van der Waals surface area (Å²) in [7, 11) is 0. The van der Waals surface area contributed by atoms with Crippen molar-refractivity contribution in [3.8, 4) is 0 Å². The number of aliphatic carboxylic acids is 1. The van der Waals surface area contributed by atoms with Gasteiger partial charge >= 0.3 is 5.97 Å². The summed E-state index contributed by atoms with van der Waals surface area (Å²) in [5.74, 6) is 0.206. The highest BCUT2D eigenvalue weighted by Crippen LogP contribution is 2.27. The number of carboxylic acid groups (broad SMARTS) is 1. The van der Waals surface area contributed by atoms with Gasteiger partial charge in [-0.2, -0.15) is 0 Å². The van der Waals surface area contributed by atoms with Crippen LogP contribution in [0.15, 0.2) is 29.2 Å². The number of carbonyl (C=O) groups is 1. The molecule has 0 aliphatic heterocycles. The molecule has 0 saturated carbocycles. The Morgan fingerprint density at radius 1 is 1.47 bits per heavy atom. The maximum atomic E-state index is 11.1. The third-order valence-electron chi connectivity index (χ3n) is 2.40. The summed E-state index contributed by atoms with van der Waals surface area (Å²) in [6, 6.07) is 7.75. The third kappa shape index (κ3) is 2.75. The van der Waals surface area contributed by atoms with Crippen molar-refractivity contribution in [2.45, 2.75) is 31.1 Å². The van der Waals surface area contributed by atoms with E-state index >= 15 is 0 Å². The van der Waals surface area contributed by atoms with Crippen molar-refractivity contribution in [3.05, 3.63) is 29.8 Å². The van der Waals surface area contributed by atoms with Crippen LogP contribution in [0.25, 0.3) is 0 Å². The number of rotatable bonds is 4. The molecule has 0 bridgehead atoms. The van der Waals surface area contributed by atoms with E-state index < -0.39 is 11.4 Å². The van der Waals surface area contributed by atoms with Crippen LogP contribution >= 0.6 is 11.8 Å². The number of thioether (sulfide) groups is 1. The zero-order valence-electron chi connectivity index (χ0n) is 9.28. The van der Waals surface area contributed by atoms with Crippen LogP contribution < -0.4 is 0 Å². The fourth-order valence-corrected chi connectivity index (χ4v) is 1.98. The standard InChI is InChI=1S/C12H16O2S/c1-4-15-10-7-5-6-9(8-10)12(2,3)11(13)14/h5-8H,4H2,1-3H3,(H,13,14). The first-order valence-electron chi connectivity index (χ1n) is 4.95. The molecule has 0 aliphatic carbocycles. The van der Waals surface area contributed by atoms with Gasteiger partial charge in [0.05, 0.1) is 5.41 Å². The highest BCUT2D eigenvalue weighted by molar-refractivity contribution is 7.99. The molecule has 0 aliphatic rings. The van der Waals surface area contributed by atoms with E-state index in [9.17, 15) is 4.79 Å². The van der Waals surface area contributed by atoms with Gasteiger partial charge in [-0.3, -0.25) is 4.79 Å². The summed E-state index contributed by atoms with van der Waals surface area (Å²) in [5, 5.41) is 9.11. The SMILES string of the molecule is CCSc1cccc(C(C)(C)C(=O)O)c1. The second-order valence-electron chi connectivity index (χ2n) is 3.89. The van der Waals surface area contributed by atoms with Crippen molar-refractivity contribution < 1.29 is 9.90 Å². The van der Waals surface area contributed by atoms with Crippen LogP contribution in [0.3, 0.4) is 0 Å². The minimum Gasteiger partial charge on any atom is -0.481 e. The Labute approximate surface area is 94.7 Å². The molecule has 2 nitrogen and oxygen atoms in total. The Kier molecular flexibility index (Phi) is 3.80. The summed E-state index contributed by atoms with van der Waals surface area (Å²) in [5.41, 5.74) is 0.0399. The fraction of sp³-hybridized carbons (Fsp3) is 0.417. The lowest BCUT2D eigenvalue weighted by atomic mass is 9.85. The molecule has 15 heavy (non-hydrogen) atoms. The van der Waals surface area contributed by atoms with Gasteiger partial charge in [-0.05, 0) is 37.3 Å². The van der Waals surface area contributed by atoms with E-state index in [4.69, 9.17) is 5.11 Å². The number of carboxylic acids is 1. The molecular formula is C12H16O2S. The maximum absolute atomic E-state index is 11.1. The average Bonchev–Trinajstić information content (AvgIpc) is 2.18. The van der Waals surface area contributed by atoms with Gasteiger partial charge in [-0.1, -0.05) is 19.1 Å². The Bertz CT molecular complexity index is 358. The quantitative estimate of drug-likeness (QED) is 0.798. The molecular weight excluding hydrogens is 208 g/mol. The van der Waals surface area contributed by atoms with Gasteiger partial charge in [-0.25, -0.2) is 0 Å². The van der Waals surface area contributed by atoms with Crippen molar-refractivity contribution in [2.24, 2.45) is 0 Å². The Hall–Kier alpha value is -0.960. The smallest absolute Gasteiger partial charge is 0.313 e. The van der Waals surface area contributed by atoms with Gasteiger partial charge in [0, 0.05) is 4.90 Å². The Balaban J connectivity index is 3.04. The molecule has 0 fully saturated rings. The molecule has 0 spiro atoms. The molecule has 1 rings (SSSR count). The van der Waals surface area contributed by atoms with E-state index in [2.05, 4.69) is 6.92 Å². The molecule has 0 heterocycles. The summed E-state index contributed by atoms with van der Waals surface area (Å²) >= 11 is 1.72. The van der Waals surface area contributed by atoms with Crippen LogP contribution in [0.4, 0.5) is 0 Å². The van der Waals surface area contributed by atoms with Gasteiger partial charge in [0.25, 0.3) is 0 Å². The number of benzene rings is 1. The molecule has 1 N–H and O–H groups in total. The van der Waals surface area contributed by atoms with Crippen LogP contribution in [-0.2, 0) is 10.2 Å². The molecule has 1 aromatic rings. The maximum Gasteiger partial charge on any atom is 0.313 e. The number of hydrogen-bond acceptors (Lipinski definition) is 2. The van der Waals surface area contributed by atoms with Crippen molar-refractivity contribution in [1.29, 1.82) is 0 Å². The van der Waals surface area contributed by atoms with Crippen LogP contribution in [0.1, 0.15) is 26.3 Å². The molecule has 0 saturated heterocycles. The van der Waals surface area contributed by atoms with E-state index in [1.807, 2.05) is 24.3 Å². The minimum absolute atomic E-state index is 0.791. The first-order valence-corrected chi connectivity index (χ1v) is 5.93. The lowest BCUT2D eigenvalue weighted by Crippen LogP contribution is -2.28. The van der Waals surface area contributed by atoms with Crippen molar-refractivity contribution >= 4 is 17.7 Å². The van der Waals surface area contributed by atoms with Gasteiger partial charge in [0.2, 0.25) is 0 Å². The predicted octanol–water partition coefficient (Wildman–Crippen LogP) is 3.16. The van der Waals surface area contributed by atoms with Crippen LogP contribution in [0.2, 0.25) is 0 Å². The number of hydrogen-bond donors (Lipinski definition) is 1. The Morgan fingerprint density at radius 3 is 2.67 bits per heavy atom. The van der Waals surface area contributed by atoms with Crippen LogP contribution in [0, 0.1) is 0 Å². The molecule has 0 unspecified atom stereocenters. The second kappa shape index (κ2) is 4.71. The summed E-state index contributed by atoms with van der Waals surface area (Å²) in [4.78, 5) is 12.2. The average molecular weight is 224 g/mol. The molecule has 1 aromatic carbocycles. The largest absolute Gasteiger partial charge is 0.481 e. The van der Waals surface area contributed by atoms with Crippen LogP contribution in [-0.4, -0.2) is 16.8 Å². The topological polar surface area (TPSA) is 37.3 Å². The zero-order chi connectivity index (χ0) is 11.5. The van der Waals surface area contributed by atoms with Crippen molar-refractivity contribution in [2.75, 3.05) is 5.75 Å². The van der Waals surface area contributed by atoms with Gasteiger partial charge < -0.3 is 5.11 Å². The van der Waals surface area contributed by atoms with Gasteiger partial charge in [-0.15, -0.1) is 11.8 Å². The Morgan fingerprint density at radius 2 is 2.13 bits per heavy atom. The molecule has 0 radical (unpaired) electrons. The lowest BCUT2D eigenvalue weighted by molar-refractivity contribution is -0.142. The van der Waals surface area contributed by atoms with Gasteiger partial charge in [0.1, 0.15) is 0 Å². The highest BCUT2D eigenvalue weighted by Gasteiger charge is 2.29. The summed E-state index contributed by atoms with van der Waals surface area (Å²) in [6.45, 7) is 5.54. The second-order valence-corrected chi connectivity index (χ2v) is 5.23. The molecule has 0 amide bonds. The lowest BCUT2D eigenvalue weighted by Gasteiger charge is -2.20. The zero-order valence-corrected chi connectivity index (χ0v) is 10.1. The molecule has 3 heteroatoms. The van der Waals surface area contributed by atoms with E-state index in [0.717, 1.165) is 16.2 Å². The van der Waals surface area contributed by atoms with E-state index in [1.54, 1.807) is 25.6 Å². The van der Waals surface area contributed by atoms with Gasteiger partial charge in [0.15, 0.2) is 0 Å². The minimum atomic E-state index is -0.815. The fourth-order valence-electron chi connectivity index (χ4n) is 1.26. The van der Waals surface area contributed by atoms with E-state index in [1.165, 1.54) is 0 Å². The molecule has 0 atom stereocenters. The van der Waals surface area contributed by atoms with Crippen LogP contribution in [0.5, 0.6) is 0 Å². The normalized spacial score (nSPS) is 11.4.